The molecule has 0 spiro atoms. The fourth-order valence-electron chi connectivity index (χ4n) is 2.10. The summed E-state index contributed by atoms with van der Waals surface area (Å²) in [5.74, 6) is 0.580. The molecular formula is C11H14O. The van der Waals surface area contributed by atoms with Crippen molar-refractivity contribution in [1.82, 2.24) is 0 Å². The second-order valence-corrected chi connectivity index (χ2v) is 3.49. The van der Waals surface area contributed by atoms with Gasteiger partial charge in [-0.2, -0.15) is 0 Å². The van der Waals surface area contributed by atoms with E-state index < -0.39 is 0 Å². The Morgan fingerprint density at radius 3 is 2.67 bits per heavy atom. The van der Waals surface area contributed by atoms with E-state index in [-0.39, 0.29) is 6.10 Å². The van der Waals surface area contributed by atoms with E-state index in [4.69, 9.17) is 0 Å². The van der Waals surface area contributed by atoms with Crippen LogP contribution in [0.1, 0.15) is 42.9 Å². The zero-order valence-electron chi connectivity index (χ0n) is 7.33. The summed E-state index contributed by atoms with van der Waals surface area (Å²) in [5.41, 5.74) is 2.50. The molecule has 0 fully saturated rings. The van der Waals surface area contributed by atoms with Crippen molar-refractivity contribution in [1.29, 1.82) is 0 Å². The minimum atomic E-state index is -0.217. The van der Waals surface area contributed by atoms with Gasteiger partial charge in [0.2, 0.25) is 0 Å². The van der Waals surface area contributed by atoms with E-state index in [9.17, 15) is 5.11 Å². The van der Waals surface area contributed by atoms with Crippen molar-refractivity contribution in [3.05, 3.63) is 35.4 Å². The molecule has 12 heavy (non-hydrogen) atoms. The van der Waals surface area contributed by atoms with Gasteiger partial charge in [-0.25, -0.2) is 0 Å². The second-order valence-electron chi connectivity index (χ2n) is 3.49. The Bertz CT molecular complexity index is 280. The van der Waals surface area contributed by atoms with Gasteiger partial charge in [0.1, 0.15) is 0 Å². The highest BCUT2D eigenvalue weighted by molar-refractivity contribution is 5.36. The quantitative estimate of drug-likeness (QED) is 0.673. The van der Waals surface area contributed by atoms with E-state index in [1.807, 2.05) is 12.1 Å². The lowest BCUT2D eigenvalue weighted by atomic mass is 9.99. The van der Waals surface area contributed by atoms with E-state index in [1.54, 1.807) is 0 Å². The highest BCUT2D eigenvalue weighted by Gasteiger charge is 2.27. The van der Waals surface area contributed by atoms with Gasteiger partial charge in [0.25, 0.3) is 0 Å². The van der Waals surface area contributed by atoms with Crippen LogP contribution in [0.25, 0.3) is 0 Å². The van der Waals surface area contributed by atoms with Crippen molar-refractivity contribution < 1.29 is 5.11 Å². The van der Waals surface area contributed by atoms with E-state index in [1.165, 1.54) is 5.56 Å². The van der Waals surface area contributed by atoms with Crippen LogP contribution in [-0.2, 0) is 0 Å². The van der Waals surface area contributed by atoms with Crippen molar-refractivity contribution >= 4 is 0 Å². The normalized spacial score (nSPS) is 27.2. The number of benzene rings is 1. The van der Waals surface area contributed by atoms with E-state index >= 15 is 0 Å². The average Bonchev–Trinajstić information content (AvgIpc) is 2.44. The number of hydrogen-bond donors (Lipinski definition) is 1. The predicted molar refractivity (Wildman–Crippen MR) is 49.1 cm³/mol. The van der Waals surface area contributed by atoms with Gasteiger partial charge in [0.05, 0.1) is 6.10 Å². The summed E-state index contributed by atoms with van der Waals surface area (Å²) in [6.45, 7) is 2.18. The third-order valence-electron chi connectivity index (χ3n) is 2.80. The van der Waals surface area contributed by atoms with E-state index in [0.717, 1.165) is 18.4 Å². The molecule has 0 unspecified atom stereocenters. The van der Waals surface area contributed by atoms with Crippen molar-refractivity contribution in [2.75, 3.05) is 0 Å². The zero-order chi connectivity index (χ0) is 8.55. The van der Waals surface area contributed by atoms with Gasteiger partial charge < -0.3 is 5.11 Å². The van der Waals surface area contributed by atoms with Gasteiger partial charge in [-0.1, -0.05) is 31.2 Å². The van der Waals surface area contributed by atoms with E-state index in [2.05, 4.69) is 19.1 Å². The molecule has 0 radical (unpaired) electrons. The number of fused-ring (bicyclic) bond motifs is 1. The molecule has 1 aliphatic rings. The summed E-state index contributed by atoms with van der Waals surface area (Å²) in [7, 11) is 0. The maximum atomic E-state index is 9.68. The van der Waals surface area contributed by atoms with Crippen LogP contribution in [0.15, 0.2) is 24.3 Å². The first-order chi connectivity index (χ1) is 5.83. The summed E-state index contributed by atoms with van der Waals surface area (Å²) in [6, 6.07) is 8.23. The van der Waals surface area contributed by atoms with Crippen LogP contribution in [0.2, 0.25) is 0 Å². The summed E-state index contributed by atoms with van der Waals surface area (Å²) in [5, 5.41) is 9.68. The molecule has 0 bridgehead atoms. The molecule has 2 rings (SSSR count). The number of aliphatic hydroxyl groups excluding tert-OH is 1. The SMILES string of the molecule is CC[C@@H]1C[C@H](O)c2ccccc21. The van der Waals surface area contributed by atoms with Gasteiger partial charge >= 0.3 is 0 Å². The van der Waals surface area contributed by atoms with E-state index in [0.29, 0.717) is 5.92 Å². The molecule has 0 saturated heterocycles. The minimum absolute atomic E-state index is 0.217. The van der Waals surface area contributed by atoms with Crippen molar-refractivity contribution in [3.63, 3.8) is 0 Å². The fourth-order valence-corrected chi connectivity index (χ4v) is 2.10. The highest BCUT2D eigenvalue weighted by atomic mass is 16.3. The minimum Gasteiger partial charge on any atom is -0.388 e. The molecule has 0 aromatic heterocycles. The average molecular weight is 162 g/mol. The van der Waals surface area contributed by atoms with Crippen LogP contribution in [0.3, 0.4) is 0 Å². The summed E-state index contributed by atoms with van der Waals surface area (Å²) in [4.78, 5) is 0. The van der Waals surface area contributed by atoms with Crippen molar-refractivity contribution in [2.45, 2.75) is 31.8 Å². The lowest BCUT2D eigenvalue weighted by molar-refractivity contribution is 0.172. The lowest BCUT2D eigenvalue weighted by Crippen LogP contribution is -1.90. The third kappa shape index (κ3) is 1.05. The molecule has 1 nitrogen and oxygen atoms in total. The lowest BCUT2D eigenvalue weighted by Gasteiger charge is -2.05. The number of hydrogen-bond acceptors (Lipinski definition) is 1. The van der Waals surface area contributed by atoms with Crippen LogP contribution >= 0.6 is 0 Å². The van der Waals surface area contributed by atoms with Crippen LogP contribution in [0.4, 0.5) is 0 Å². The van der Waals surface area contributed by atoms with Gasteiger partial charge in [-0.15, -0.1) is 0 Å². The molecule has 1 aromatic rings. The van der Waals surface area contributed by atoms with Gasteiger partial charge in [0.15, 0.2) is 0 Å². The summed E-state index contributed by atoms with van der Waals surface area (Å²) in [6.07, 6.45) is 1.83. The first-order valence-corrected chi connectivity index (χ1v) is 4.59. The maximum Gasteiger partial charge on any atom is 0.0798 e. The standard InChI is InChI=1S/C11H14O/c1-2-8-7-11(12)10-6-4-3-5-9(8)10/h3-6,8,11-12H,2,7H2,1H3/t8-,11+/m1/s1. The first-order valence-electron chi connectivity index (χ1n) is 4.59. The molecular weight excluding hydrogens is 148 g/mol. The molecule has 1 aliphatic carbocycles. The van der Waals surface area contributed by atoms with Crippen LogP contribution in [0.5, 0.6) is 0 Å². The largest absolute Gasteiger partial charge is 0.388 e. The Labute approximate surface area is 73.0 Å². The summed E-state index contributed by atoms with van der Waals surface area (Å²) >= 11 is 0. The molecule has 0 heterocycles. The van der Waals surface area contributed by atoms with Crippen LogP contribution < -0.4 is 0 Å². The van der Waals surface area contributed by atoms with Gasteiger partial charge in [-0.05, 0) is 29.9 Å². The topological polar surface area (TPSA) is 20.2 Å². The second kappa shape index (κ2) is 2.91. The summed E-state index contributed by atoms with van der Waals surface area (Å²) < 4.78 is 0. The third-order valence-corrected chi connectivity index (χ3v) is 2.80. The monoisotopic (exact) mass is 162 g/mol. The molecule has 1 aromatic carbocycles. The first kappa shape index (κ1) is 7.81. The Balaban J connectivity index is 2.43. The van der Waals surface area contributed by atoms with Crippen molar-refractivity contribution in [3.8, 4) is 0 Å². The van der Waals surface area contributed by atoms with Crippen LogP contribution in [0, 0.1) is 0 Å². The number of rotatable bonds is 1. The zero-order valence-corrected chi connectivity index (χ0v) is 7.33. The predicted octanol–water partition coefficient (Wildman–Crippen LogP) is 2.62. The molecule has 0 amide bonds. The molecule has 64 valence electrons. The molecule has 1 heteroatoms. The Kier molecular flexibility index (Phi) is 1.89. The molecule has 0 aliphatic heterocycles. The number of aliphatic hydroxyl groups is 1. The molecule has 0 saturated carbocycles. The van der Waals surface area contributed by atoms with Gasteiger partial charge in [0, 0.05) is 0 Å². The molecule has 2 atom stereocenters. The Morgan fingerprint density at radius 1 is 1.33 bits per heavy atom. The highest BCUT2D eigenvalue weighted by Crippen LogP contribution is 2.41. The van der Waals surface area contributed by atoms with Crippen molar-refractivity contribution in [2.24, 2.45) is 0 Å². The van der Waals surface area contributed by atoms with Gasteiger partial charge in [-0.3, -0.25) is 0 Å². The Morgan fingerprint density at radius 2 is 2.00 bits per heavy atom. The maximum absolute atomic E-state index is 9.68. The van der Waals surface area contributed by atoms with Crippen LogP contribution in [-0.4, -0.2) is 5.11 Å². The Hall–Kier alpha value is -0.820. The molecule has 1 N–H and O–H groups in total. The smallest absolute Gasteiger partial charge is 0.0798 e. The fraction of sp³-hybridized carbons (Fsp3) is 0.455.